The van der Waals surface area contributed by atoms with Crippen molar-refractivity contribution in [2.24, 2.45) is 0 Å². The summed E-state index contributed by atoms with van der Waals surface area (Å²) in [5.41, 5.74) is 8.12. The van der Waals surface area contributed by atoms with Gasteiger partial charge in [-0.05, 0) is 79.5 Å². The normalized spacial score (nSPS) is 13.7. The summed E-state index contributed by atoms with van der Waals surface area (Å²) in [5.74, 6) is -0.154. The van der Waals surface area contributed by atoms with E-state index < -0.39 is 13.2 Å². The Balaban J connectivity index is 1.36. The minimum Gasteiger partial charge on any atom is -0.296 e. The molecule has 3 heteroatoms. The molecule has 0 aliphatic rings. The number of para-hydroxylation sites is 2. The Kier molecular flexibility index (Phi) is 5.29. The lowest BCUT2D eigenvalue weighted by molar-refractivity contribution is 0.913. The average molecular weight is 607 g/mol. The maximum absolute atomic E-state index is 8.78. The lowest BCUT2D eigenvalue weighted by Crippen LogP contribution is -2.01. The Hall–Kier alpha value is -6.06. The van der Waals surface area contributed by atoms with Gasteiger partial charge in [0, 0.05) is 30.4 Å². The molecule has 222 valence electrons. The minimum absolute atomic E-state index is 0.154. The van der Waals surface area contributed by atoms with E-state index in [2.05, 4.69) is 89.9 Å². The smallest absolute Gasteiger partial charge is 0.114 e. The fourth-order valence-electron chi connectivity index (χ4n) is 7.21. The van der Waals surface area contributed by atoms with Gasteiger partial charge in [0.05, 0.1) is 22.4 Å². The van der Waals surface area contributed by atoms with Crippen molar-refractivity contribution in [1.82, 2.24) is 14.5 Å². The van der Waals surface area contributed by atoms with Gasteiger partial charge in [0.15, 0.2) is 0 Å². The summed E-state index contributed by atoms with van der Waals surface area (Å²) in [6.45, 7) is -2.93. The highest BCUT2D eigenvalue weighted by Crippen LogP contribution is 2.47. The Morgan fingerprint density at radius 2 is 1.11 bits per heavy atom. The van der Waals surface area contributed by atoms with Crippen LogP contribution in [0.3, 0.4) is 0 Å². The second kappa shape index (κ2) is 11.1. The van der Waals surface area contributed by atoms with Crippen molar-refractivity contribution in [2.45, 2.75) is 13.2 Å². The van der Waals surface area contributed by atoms with Crippen LogP contribution in [0.2, 0.25) is 0 Å². The maximum atomic E-state index is 8.78. The third kappa shape index (κ3) is 4.28. The van der Waals surface area contributed by atoms with E-state index in [9.17, 15) is 0 Å². The van der Waals surface area contributed by atoms with Crippen molar-refractivity contribution in [3.8, 4) is 39.2 Å². The number of pyridine rings is 1. The zero-order chi connectivity index (χ0) is 35.6. The molecule has 0 aliphatic carbocycles. The van der Waals surface area contributed by atoms with Gasteiger partial charge in [-0.15, -0.1) is 0 Å². The average Bonchev–Trinajstić information content (AvgIpc) is 3.57. The molecule has 0 amide bonds. The first kappa shape index (κ1) is 22.4. The van der Waals surface area contributed by atoms with E-state index >= 15 is 0 Å². The molecule has 0 fully saturated rings. The summed E-state index contributed by atoms with van der Waals surface area (Å²) in [5, 5.41) is 6.22. The maximum Gasteiger partial charge on any atom is 0.114 e. The first-order valence-corrected chi connectivity index (χ1v) is 15.7. The van der Waals surface area contributed by atoms with E-state index in [4.69, 9.17) is 11.8 Å². The summed E-state index contributed by atoms with van der Waals surface area (Å²) in [4.78, 5) is 9.30. The molecule has 0 saturated carbocycles. The second-order valence-electron chi connectivity index (χ2n) is 11.7. The van der Waals surface area contributed by atoms with Crippen LogP contribution < -0.4 is 0 Å². The number of imidazole rings is 1. The number of aromatic nitrogens is 3. The lowest BCUT2D eigenvalue weighted by Gasteiger charge is -2.21. The SMILES string of the molecule is [2H]C([2H])([2H])C([2H])([2H])c1nc2ccccc2n1-c1ccc(-c2c3ccccc3c(-c3ccccc3-c3ccccn3)c3ccccc23)c2ccccc12. The fourth-order valence-corrected chi connectivity index (χ4v) is 7.21. The van der Waals surface area contributed by atoms with Gasteiger partial charge in [-0.2, -0.15) is 0 Å². The van der Waals surface area contributed by atoms with Crippen molar-refractivity contribution >= 4 is 43.4 Å². The van der Waals surface area contributed by atoms with Crippen LogP contribution in [-0.4, -0.2) is 14.5 Å². The van der Waals surface area contributed by atoms with Crippen LogP contribution in [-0.2, 0) is 6.37 Å². The molecule has 2 heterocycles. The van der Waals surface area contributed by atoms with E-state index in [-0.39, 0.29) is 5.82 Å². The predicted molar refractivity (Wildman–Crippen MR) is 197 cm³/mol. The van der Waals surface area contributed by atoms with Gasteiger partial charge in [0.1, 0.15) is 5.82 Å². The molecule has 0 saturated heterocycles. The van der Waals surface area contributed by atoms with Crippen LogP contribution in [0.4, 0.5) is 0 Å². The topological polar surface area (TPSA) is 30.7 Å². The number of hydrogen-bond donors (Lipinski definition) is 0. The molecule has 0 unspecified atom stereocenters. The Morgan fingerprint density at radius 3 is 1.79 bits per heavy atom. The van der Waals surface area contributed by atoms with E-state index in [0.717, 1.165) is 65.8 Å². The molecule has 0 bridgehead atoms. The molecule has 0 spiro atoms. The van der Waals surface area contributed by atoms with E-state index in [1.807, 2.05) is 66.9 Å². The highest BCUT2D eigenvalue weighted by molar-refractivity contribution is 6.24. The molecule has 7 aromatic carbocycles. The monoisotopic (exact) mass is 606 g/mol. The Labute approximate surface area is 280 Å². The molecule has 0 N–H and O–H groups in total. The van der Waals surface area contributed by atoms with Crippen LogP contribution in [0.25, 0.3) is 82.5 Å². The molecule has 9 rings (SSSR count). The summed E-state index contributed by atoms with van der Waals surface area (Å²) in [6, 6.07) is 50.9. The van der Waals surface area contributed by atoms with Crippen LogP contribution in [0, 0.1) is 0 Å². The largest absolute Gasteiger partial charge is 0.296 e. The third-order valence-corrected chi connectivity index (χ3v) is 9.15. The molecule has 3 nitrogen and oxygen atoms in total. The molecular formula is C44H31N3. The van der Waals surface area contributed by atoms with Gasteiger partial charge in [-0.1, -0.05) is 128 Å². The van der Waals surface area contributed by atoms with Gasteiger partial charge < -0.3 is 0 Å². The molecule has 0 aliphatic heterocycles. The van der Waals surface area contributed by atoms with Gasteiger partial charge in [0.2, 0.25) is 0 Å². The number of benzene rings is 7. The van der Waals surface area contributed by atoms with Crippen molar-refractivity contribution in [3.05, 3.63) is 164 Å². The predicted octanol–water partition coefficient (Wildman–Crippen LogP) is 11.4. The molecule has 0 atom stereocenters. The highest BCUT2D eigenvalue weighted by atomic mass is 15.1. The first-order valence-electron chi connectivity index (χ1n) is 18.2. The van der Waals surface area contributed by atoms with E-state index in [0.29, 0.717) is 16.7 Å². The summed E-state index contributed by atoms with van der Waals surface area (Å²) >= 11 is 0. The quantitative estimate of drug-likeness (QED) is 0.183. The number of nitrogens with zero attached hydrogens (tertiary/aromatic N) is 3. The first-order chi connectivity index (χ1) is 25.2. The summed E-state index contributed by atoms with van der Waals surface area (Å²) in [6.07, 6.45) is -0.882. The van der Waals surface area contributed by atoms with E-state index in [1.165, 1.54) is 0 Å². The lowest BCUT2D eigenvalue weighted by atomic mass is 9.83. The van der Waals surface area contributed by atoms with Crippen molar-refractivity contribution in [3.63, 3.8) is 0 Å². The molecule has 0 radical (unpaired) electrons. The van der Waals surface area contributed by atoms with Crippen molar-refractivity contribution < 1.29 is 6.85 Å². The zero-order valence-corrected chi connectivity index (χ0v) is 25.4. The van der Waals surface area contributed by atoms with Gasteiger partial charge in [0.25, 0.3) is 0 Å². The van der Waals surface area contributed by atoms with Gasteiger partial charge >= 0.3 is 0 Å². The van der Waals surface area contributed by atoms with Crippen LogP contribution in [0.15, 0.2) is 158 Å². The molecule has 47 heavy (non-hydrogen) atoms. The Morgan fingerprint density at radius 1 is 0.532 bits per heavy atom. The standard InChI is InChI=1S/C44H31N3/c1-2-42-46-39-24-11-12-25-41(39)47(42)40-27-26-37(29-15-3-5-17-31(29)40)44-35-21-9-7-19-33(35)43(34-20-8-10-22-36(34)44)32-18-6-4-16-30(32)38-23-13-14-28-45-38/h3-28H,2H2,1H3/i1D3,2D2. The van der Waals surface area contributed by atoms with Crippen LogP contribution >= 0.6 is 0 Å². The van der Waals surface area contributed by atoms with E-state index in [1.54, 1.807) is 10.6 Å². The fraction of sp³-hybridized carbons (Fsp3) is 0.0455. The van der Waals surface area contributed by atoms with Crippen LogP contribution in [0.1, 0.15) is 19.5 Å². The summed E-state index contributed by atoms with van der Waals surface area (Å²) < 4.78 is 43.6. The number of fused-ring (bicyclic) bond motifs is 4. The molecular weight excluding hydrogens is 571 g/mol. The van der Waals surface area contributed by atoms with Gasteiger partial charge in [-0.3, -0.25) is 9.55 Å². The van der Waals surface area contributed by atoms with Crippen LogP contribution in [0.5, 0.6) is 0 Å². The summed E-state index contributed by atoms with van der Waals surface area (Å²) in [7, 11) is 0. The van der Waals surface area contributed by atoms with Crippen molar-refractivity contribution in [2.75, 3.05) is 0 Å². The minimum atomic E-state index is -2.93. The number of rotatable bonds is 5. The Bertz CT molecular complexity index is 2760. The second-order valence-corrected chi connectivity index (χ2v) is 11.7. The zero-order valence-electron chi connectivity index (χ0n) is 30.4. The highest BCUT2D eigenvalue weighted by Gasteiger charge is 2.21. The number of hydrogen-bond acceptors (Lipinski definition) is 2. The third-order valence-electron chi connectivity index (χ3n) is 9.15. The molecule has 2 aromatic heterocycles. The molecule has 9 aromatic rings. The van der Waals surface area contributed by atoms with Gasteiger partial charge in [-0.25, -0.2) is 4.98 Å². The van der Waals surface area contributed by atoms with Crippen molar-refractivity contribution in [1.29, 1.82) is 0 Å². The number of aryl methyl sites for hydroxylation is 1.